The van der Waals surface area contributed by atoms with Gasteiger partial charge < -0.3 is 50.0 Å². The zero-order chi connectivity index (χ0) is 18.2. The summed E-state index contributed by atoms with van der Waals surface area (Å²) in [5, 5.41) is 66.3. The van der Waals surface area contributed by atoms with E-state index in [-0.39, 0.29) is 0 Å². The summed E-state index contributed by atoms with van der Waals surface area (Å²) in [7, 11) is 0. The Morgan fingerprint density at radius 3 is 2.08 bits per heavy atom. The molecular weight excluding hydrogens is 336 g/mol. The lowest BCUT2D eigenvalue weighted by atomic mass is 9.97. The molecule has 12 heteroatoms. The highest BCUT2D eigenvalue weighted by molar-refractivity contribution is 5.76. The number of aliphatic hydroxyl groups excluding tert-OH is 5. The molecule has 24 heavy (non-hydrogen) atoms. The number of carboxylic acid groups (broad SMARTS) is 2. The molecule has 2 heterocycles. The number of aliphatic hydroxyl groups is 5. The third kappa shape index (κ3) is 3.36. The molecule has 0 amide bonds. The molecule has 138 valence electrons. The summed E-state index contributed by atoms with van der Waals surface area (Å²) in [6.07, 6.45) is -13.6. The molecule has 7 N–H and O–H groups in total. The molecule has 0 aromatic carbocycles. The number of ether oxygens (including phenoxy) is 3. The second-order valence-corrected chi connectivity index (χ2v) is 5.56. The fourth-order valence-corrected chi connectivity index (χ4v) is 2.42. The highest BCUT2D eigenvalue weighted by atomic mass is 16.8. The summed E-state index contributed by atoms with van der Waals surface area (Å²) in [6.45, 7) is -0.607. The van der Waals surface area contributed by atoms with Crippen LogP contribution >= 0.6 is 0 Å². The van der Waals surface area contributed by atoms with E-state index in [1.807, 2.05) is 0 Å². The minimum absolute atomic E-state index is 0.607. The van der Waals surface area contributed by atoms with Gasteiger partial charge in [-0.1, -0.05) is 0 Å². The Morgan fingerprint density at radius 2 is 1.58 bits per heavy atom. The van der Waals surface area contributed by atoms with Crippen molar-refractivity contribution in [3.05, 3.63) is 0 Å². The first-order chi connectivity index (χ1) is 11.1. The van der Waals surface area contributed by atoms with E-state index in [0.29, 0.717) is 0 Å². The Balaban J connectivity index is 2.22. The van der Waals surface area contributed by atoms with Crippen LogP contribution in [0.15, 0.2) is 0 Å². The van der Waals surface area contributed by atoms with Crippen LogP contribution in [0.3, 0.4) is 0 Å². The summed E-state index contributed by atoms with van der Waals surface area (Å²) in [5.74, 6) is -5.95. The quantitative estimate of drug-likeness (QED) is 0.257. The van der Waals surface area contributed by atoms with Crippen molar-refractivity contribution in [1.29, 1.82) is 0 Å². The maximum Gasteiger partial charge on any atom is 0.364 e. The molecule has 3 unspecified atom stereocenters. The van der Waals surface area contributed by atoms with Gasteiger partial charge in [-0.3, -0.25) is 0 Å². The van der Waals surface area contributed by atoms with Crippen LogP contribution in [0.25, 0.3) is 0 Å². The molecule has 2 rings (SSSR count). The van der Waals surface area contributed by atoms with Crippen LogP contribution in [0.2, 0.25) is 0 Å². The van der Waals surface area contributed by atoms with E-state index < -0.39 is 73.7 Å². The van der Waals surface area contributed by atoms with E-state index in [2.05, 4.69) is 0 Å². The van der Waals surface area contributed by atoms with Crippen molar-refractivity contribution in [2.24, 2.45) is 0 Å². The van der Waals surface area contributed by atoms with Gasteiger partial charge in [-0.2, -0.15) is 0 Å². The third-order valence-electron chi connectivity index (χ3n) is 3.85. The van der Waals surface area contributed by atoms with E-state index in [4.69, 9.17) is 19.3 Å². The minimum Gasteiger partial charge on any atom is -0.479 e. The molecular formula is C12H18O12. The summed E-state index contributed by atoms with van der Waals surface area (Å²) in [4.78, 5) is 22.5. The standard InChI is InChI=1S/C12H18O12/c13-3-1-12(11(20)21,22-2-4(3)14)24-10-7(17)5(15)6(16)8(23-10)9(18)19/h3-8,10,13-17H,1-2H2,(H,18,19)(H,20,21)/t3?,4?,5-,6-,7+,8-,10+,12?/m0/s1. The smallest absolute Gasteiger partial charge is 0.364 e. The fourth-order valence-electron chi connectivity index (χ4n) is 2.42. The van der Waals surface area contributed by atoms with Crippen LogP contribution in [0, 0.1) is 0 Å². The van der Waals surface area contributed by atoms with E-state index in [1.165, 1.54) is 0 Å². The molecule has 0 aromatic heterocycles. The van der Waals surface area contributed by atoms with Gasteiger partial charge in [0.2, 0.25) is 0 Å². The fraction of sp³-hybridized carbons (Fsp3) is 0.833. The summed E-state index contributed by atoms with van der Waals surface area (Å²) < 4.78 is 14.7. The first-order valence-electron chi connectivity index (χ1n) is 6.93. The van der Waals surface area contributed by atoms with Crippen LogP contribution in [0.5, 0.6) is 0 Å². The highest BCUT2D eigenvalue weighted by Crippen LogP contribution is 2.32. The van der Waals surface area contributed by atoms with Gasteiger partial charge in [0.15, 0.2) is 12.4 Å². The Bertz CT molecular complexity index is 496. The zero-order valence-electron chi connectivity index (χ0n) is 12.1. The van der Waals surface area contributed by atoms with Gasteiger partial charge in [0.1, 0.15) is 24.4 Å². The van der Waals surface area contributed by atoms with E-state index >= 15 is 0 Å². The second kappa shape index (κ2) is 6.85. The molecule has 2 aliphatic rings. The van der Waals surface area contributed by atoms with Crippen LogP contribution < -0.4 is 0 Å². The average molecular weight is 354 g/mol. The number of rotatable bonds is 4. The molecule has 0 saturated carbocycles. The molecule has 8 atom stereocenters. The number of carbonyl (C=O) groups is 2. The lowest BCUT2D eigenvalue weighted by Gasteiger charge is -2.44. The molecule has 2 fully saturated rings. The van der Waals surface area contributed by atoms with Crippen molar-refractivity contribution in [3.63, 3.8) is 0 Å². The van der Waals surface area contributed by atoms with Crippen LogP contribution in [0.4, 0.5) is 0 Å². The van der Waals surface area contributed by atoms with Crippen LogP contribution in [-0.4, -0.2) is 103 Å². The van der Waals surface area contributed by atoms with E-state index in [0.717, 1.165) is 0 Å². The van der Waals surface area contributed by atoms with Gasteiger partial charge in [-0.25, -0.2) is 9.59 Å². The lowest BCUT2D eigenvalue weighted by molar-refractivity contribution is -0.373. The Morgan fingerprint density at radius 1 is 0.958 bits per heavy atom. The first-order valence-corrected chi connectivity index (χ1v) is 6.93. The molecule has 0 aliphatic carbocycles. The molecule has 0 spiro atoms. The molecule has 0 aromatic rings. The van der Waals surface area contributed by atoms with Crippen LogP contribution in [-0.2, 0) is 23.8 Å². The SMILES string of the molecule is O=C(O)[C@H]1O[C@H](OC2(C(=O)O)CC(O)C(O)CO2)[C@H](O)[C@@H](O)[C@@H]1O. The van der Waals surface area contributed by atoms with E-state index in [1.54, 1.807) is 0 Å². The molecule has 0 radical (unpaired) electrons. The first kappa shape index (κ1) is 19.0. The topological polar surface area (TPSA) is 203 Å². The number of hydrogen-bond acceptors (Lipinski definition) is 10. The Hall–Kier alpha value is -1.38. The van der Waals surface area contributed by atoms with Gasteiger partial charge in [0.05, 0.1) is 12.7 Å². The normalized spacial score (nSPS) is 46.5. The number of carboxylic acids is 2. The van der Waals surface area contributed by atoms with Crippen molar-refractivity contribution in [1.82, 2.24) is 0 Å². The average Bonchev–Trinajstić information content (AvgIpc) is 2.51. The third-order valence-corrected chi connectivity index (χ3v) is 3.85. The summed E-state index contributed by atoms with van der Waals surface area (Å²) in [6, 6.07) is 0. The zero-order valence-corrected chi connectivity index (χ0v) is 12.1. The Labute approximate surface area is 134 Å². The molecule has 2 aliphatic heterocycles. The van der Waals surface area contributed by atoms with Crippen molar-refractivity contribution < 1.29 is 59.5 Å². The predicted molar refractivity (Wildman–Crippen MR) is 68.4 cm³/mol. The van der Waals surface area contributed by atoms with Gasteiger partial charge >= 0.3 is 11.9 Å². The molecule has 12 nitrogen and oxygen atoms in total. The van der Waals surface area contributed by atoms with Gasteiger partial charge in [0.25, 0.3) is 5.79 Å². The summed E-state index contributed by atoms with van der Waals surface area (Å²) >= 11 is 0. The summed E-state index contributed by atoms with van der Waals surface area (Å²) in [5.41, 5.74) is 0. The van der Waals surface area contributed by atoms with Gasteiger partial charge in [-0.05, 0) is 0 Å². The highest BCUT2D eigenvalue weighted by Gasteiger charge is 2.55. The second-order valence-electron chi connectivity index (χ2n) is 5.56. The van der Waals surface area contributed by atoms with Crippen LogP contribution in [0.1, 0.15) is 6.42 Å². The number of aliphatic carboxylic acids is 2. The minimum atomic E-state index is -2.55. The largest absolute Gasteiger partial charge is 0.479 e. The monoisotopic (exact) mass is 354 g/mol. The maximum absolute atomic E-state index is 11.5. The van der Waals surface area contributed by atoms with Crippen molar-refractivity contribution in [3.8, 4) is 0 Å². The number of hydrogen-bond donors (Lipinski definition) is 7. The van der Waals surface area contributed by atoms with Crippen molar-refractivity contribution in [2.45, 2.75) is 55.1 Å². The molecule has 0 bridgehead atoms. The lowest BCUT2D eigenvalue weighted by Crippen LogP contribution is -2.64. The maximum atomic E-state index is 11.5. The van der Waals surface area contributed by atoms with Crippen molar-refractivity contribution >= 4 is 11.9 Å². The Kier molecular flexibility index (Phi) is 5.41. The van der Waals surface area contributed by atoms with E-state index in [9.17, 15) is 40.2 Å². The van der Waals surface area contributed by atoms with Crippen molar-refractivity contribution in [2.75, 3.05) is 6.61 Å². The van der Waals surface area contributed by atoms with Gasteiger partial charge in [0, 0.05) is 6.42 Å². The van der Waals surface area contributed by atoms with Gasteiger partial charge in [-0.15, -0.1) is 0 Å². The predicted octanol–water partition coefficient (Wildman–Crippen LogP) is -4.18. The molecule has 2 saturated heterocycles.